The zero-order chi connectivity index (χ0) is 22.5. The summed E-state index contributed by atoms with van der Waals surface area (Å²) in [6.07, 6.45) is 0. The van der Waals surface area contributed by atoms with Gasteiger partial charge in [-0.25, -0.2) is 0 Å². The monoisotopic (exact) mass is 429 g/mol. The highest BCUT2D eigenvalue weighted by atomic mass is 16.5. The Balaban J connectivity index is 1.42. The molecule has 2 N–H and O–H groups in total. The number of benzene rings is 3. The summed E-state index contributed by atoms with van der Waals surface area (Å²) in [6.45, 7) is 2.77. The minimum atomic E-state index is -0.706. The average Bonchev–Trinajstić information content (AvgIpc) is 2.83. The molecule has 7 nitrogen and oxygen atoms in total. The predicted molar refractivity (Wildman–Crippen MR) is 124 cm³/mol. The fourth-order valence-electron chi connectivity index (χ4n) is 3.61. The topological polar surface area (TPSA) is 93.2 Å². The Morgan fingerprint density at radius 1 is 1.00 bits per heavy atom. The second-order valence-electron chi connectivity index (χ2n) is 7.20. The van der Waals surface area contributed by atoms with Crippen LogP contribution in [0.25, 0.3) is 22.2 Å². The first-order chi connectivity index (χ1) is 15.6. The van der Waals surface area contributed by atoms with Crippen LogP contribution in [0, 0.1) is 0 Å². The first-order valence-corrected chi connectivity index (χ1v) is 10.4. The van der Waals surface area contributed by atoms with Crippen molar-refractivity contribution in [2.75, 3.05) is 13.2 Å². The van der Waals surface area contributed by atoms with Gasteiger partial charge >= 0.3 is 11.1 Å². The quantitative estimate of drug-likeness (QED) is 0.349. The van der Waals surface area contributed by atoms with Crippen LogP contribution in [0.15, 0.2) is 82.4 Å². The maximum Gasteiger partial charge on any atom is 0.316 e. The highest BCUT2D eigenvalue weighted by Gasteiger charge is 2.11. The molecule has 0 aliphatic heterocycles. The minimum Gasteiger partial charge on any atom is -0.491 e. The number of carbonyl (C=O) groups excluding carboxylic acids is 1. The molecule has 0 saturated heterocycles. The van der Waals surface area contributed by atoms with Crippen molar-refractivity contribution in [1.82, 2.24) is 14.9 Å². The molecule has 3 aromatic carbocycles. The molecule has 1 amide bonds. The largest absolute Gasteiger partial charge is 0.491 e. The van der Waals surface area contributed by atoms with E-state index in [-0.39, 0.29) is 5.91 Å². The van der Waals surface area contributed by atoms with E-state index in [0.717, 1.165) is 16.9 Å². The molecule has 0 atom stereocenters. The number of H-pyrrole nitrogens is 1. The molecule has 4 aromatic rings. The van der Waals surface area contributed by atoms with Gasteiger partial charge in [-0.1, -0.05) is 48.5 Å². The summed E-state index contributed by atoms with van der Waals surface area (Å²) in [5.74, 6) is 0.454. The SMILES string of the molecule is CCn1c(=O)c(=O)[nH]c2cc(C(=O)NCCOc3ccccc3-c3ccccc3)ccc21. The first kappa shape index (κ1) is 21.1. The number of para-hydroxylation sites is 1. The van der Waals surface area contributed by atoms with Crippen LogP contribution in [0.4, 0.5) is 0 Å². The number of aromatic amines is 1. The van der Waals surface area contributed by atoms with Crippen molar-refractivity contribution in [2.24, 2.45) is 0 Å². The van der Waals surface area contributed by atoms with Gasteiger partial charge in [-0.2, -0.15) is 0 Å². The first-order valence-electron chi connectivity index (χ1n) is 10.4. The van der Waals surface area contributed by atoms with Crippen molar-refractivity contribution in [3.63, 3.8) is 0 Å². The van der Waals surface area contributed by atoms with E-state index in [1.807, 2.05) is 54.6 Å². The van der Waals surface area contributed by atoms with Crippen LogP contribution in [0.2, 0.25) is 0 Å². The summed E-state index contributed by atoms with van der Waals surface area (Å²) < 4.78 is 7.29. The maximum atomic E-state index is 12.6. The number of nitrogens with zero attached hydrogens (tertiary/aromatic N) is 1. The van der Waals surface area contributed by atoms with Crippen LogP contribution in [-0.2, 0) is 6.54 Å². The van der Waals surface area contributed by atoms with Crippen molar-refractivity contribution in [3.8, 4) is 16.9 Å². The van der Waals surface area contributed by atoms with Crippen molar-refractivity contribution in [3.05, 3.63) is 99.1 Å². The number of aromatic nitrogens is 2. The zero-order valence-corrected chi connectivity index (χ0v) is 17.6. The van der Waals surface area contributed by atoms with E-state index in [1.54, 1.807) is 25.1 Å². The van der Waals surface area contributed by atoms with Crippen LogP contribution < -0.4 is 21.2 Å². The van der Waals surface area contributed by atoms with E-state index < -0.39 is 11.1 Å². The number of nitrogens with one attached hydrogen (secondary N) is 2. The van der Waals surface area contributed by atoms with Gasteiger partial charge in [0.05, 0.1) is 17.6 Å². The van der Waals surface area contributed by atoms with Crippen LogP contribution in [-0.4, -0.2) is 28.6 Å². The summed E-state index contributed by atoms with van der Waals surface area (Å²) in [7, 11) is 0. The van der Waals surface area contributed by atoms with Crippen molar-refractivity contribution >= 4 is 16.9 Å². The fourth-order valence-corrected chi connectivity index (χ4v) is 3.61. The maximum absolute atomic E-state index is 12.6. The Kier molecular flexibility index (Phi) is 6.17. The van der Waals surface area contributed by atoms with E-state index in [1.165, 1.54) is 4.57 Å². The molecule has 0 saturated carbocycles. The third kappa shape index (κ3) is 4.32. The van der Waals surface area contributed by atoms with Gasteiger partial charge in [0, 0.05) is 17.7 Å². The lowest BCUT2D eigenvalue weighted by atomic mass is 10.1. The van der Waals surface area contributed by atoms with Gasteiger partial charge in [-0.3, -0.25) is 14.4 Å². The number of fused-ring (bicyclic) bond motifs is 1. The minimum absolute atomic E-state index is 0.290. The lowest BCUT2D eigenvalue weighted by molar-refractivity contribution is 0.0947. The molecule has 0 aliphatic carbocycles. The predicted octanol–water partition coefficient (Wildman–Crippen LogP) is 3.19. The highest BCUT2D eigenvalue weighted by molar-refractivity contribution is 5.97. The summed E-state index contributed by atoms with van der Waals surface area (Å²) in [4.78, 5) is 38.9. The molecule has 1 heterocycles. The highest BCUT2D eigenvalue weighted by Crippen LogP contribution is 2.29. The van der Waals surface area contributed by atoms with Gasteiger partial charge in [0.2, 0.25) is 0 Å². The van der Waals surface area contributed by atoms with E-state index >= 15 is 0 Å². The lowest BCUT2D eigenvalue weighted by Crippen LogP contribution is -2.36. The second kappa shape index (κ2) is 9.34. The van der Waals surface area contributed by atoms with E-state index in [0.29, 0.717) is 36.3 Å². The second-order valence-corrected chi connectivity index (χ2v) is 7.20. The van der Waals surface area contributed by atoms with Crippen LogP contribution >= 0.6 is 0 Å². The van der Waals surface area contributed by atoms with Gasteiger partial charge in [-0.15, -0.1) is 0 Å². The van der Waals surface area contributed by atoms with E-state index in [4.69, 9.17) is 4.74 Å². The molecule has 0 radical (unpaired) electrons. The molecule has 162 valence electrons. The van der Waals surface area contributed by atoms with Crippen molar-refractivity contribution in [1.29, 1.82) is 0 Å². The van der Waals surface area contributed by atoms with Crippen molar-refractivity contribution in [2.45, 2.75) is 13.5 Å². The number of aryl methyl sites for hydroxylation is 1. The Morgan fingerprint density at radius 3 is 2.53 bits per heavy atom. The molecule has 7 heteroatoms. The molecule has 32 heavy (non-hydrogen) atoms. The van der Waals surface area contributed by atoms with Gasteiger partial charge < -0.3 is 19.6 Å². The summed E-state index contributed by atoms with van der Waals surface area (Å²) in [6, 6.07) is 22.6. The van der Waals surface area contributed by atoms with Crippen molar-refractivity contribution < 1.29 is 9.53 Å². The number of amides is 1. The lowest BCUT2D eigenvalue weighted by Gasteiger charge is -2.12. The van der Waals surface area contributed by atoms with E-state index in [9.17, 15) is 14.4 Å². The zero-order valence-electron chi connectivity index (χ0n) is 17.6. The number of hydrogen-bond acceptors (Lipinski definition) is 4. The smallest absolute Gasteiger partial charge is 0.316 e. The molecule has 0 aliphatic rings. The molecular formula is C25H23N3O4. The Labute approximate surface area is 184 Å². The number of ether oxygens (including phenoxy) is 1. The number of hydrogen-bond donors (Lipinski definition) is 2. The molecule has 4 rings (SSSR count). The van der Waals surface area contributed by atoms with Gasteiger partial charge in [0.15, 0.2) is 0 Å². The van der Waals surface area contributed by atoms with Gasteiger partial charge in [0.1, 0.15) is 12.4 Å². The summed E-state index contributed by atoms with van der Waals surface area (Å²) in [5.41, 5.74) is 2.14. The van der Waals surface area contributed by atoms with Crippen LogP contribution in [0.3, 0.4) is 0 Å². The normalized spacial score (nSPS) is 10.8. The molecule has 0 fully saturated rings. The van der Waals surface area contributed by atoms with Crippen LogP contribution in [0.5, 0.6) is 5.75 Å². The molecule has 0 bridgehead atoms. The Morgan fingerprint density at radius 2 is 1.75 bits per heavy atom. The average molecular weight is 429 g/mol. The summed E-state index contributed by atoms with van der Waals surface area (Å²) in [5, 5.41) is 2.82. The Hall–Kier alpha value is -4.13. The van der Waals surface area contributed by atoms with E-state index in [2.05, 4.69) is 10.3 Å². The molecule has 0 spiro atoms. The number of carbonyl (C=O) groups is 1. The summed E-state index contributed by atoms with van der Waals surface area (Å²) >= 11 is 0. The Bertz CT molecular complexity index is 1370. The third-order valence-corrected chi connectivity index (χ3v) is 5.17. The molecule has 1 aromatic heterocycles. The van der Waals surface area contributed by atoms with Gasteiger partial charge in [-0.05, 0) is 36.8 Å². The molecular weight excluding hydrogens is 406 g/mol. The van der Waals surface area contributed by atoms with Gasteiger partial charge in [0.25, 0.3) is 5.91 Å². The number of rotatable bonds is 7. The standard InChI is InChI=1S/C25H23N3O4/c1-2-28-21-13-12-18(16-20(21)27-24(30)25(28)31)23(29)26-14-15-32-22-11-7-6-10-19(22)17-8-4-3-5-9-17/h3-13,16H,2,14-15H2,1H3,(H,26,29)(H,27,30). The third-order valence-electron chi connectivity index (χ3n) is 5.17. The molecule has 0 unspecified atom stereocenters. The van der Waals surface area contributed by atoms with Crippen LogP contribution in [0.1, 0.15) is 17.3 Å². The fraction of sp³-hybridized carbons (Fsp3) is 0.160.